The summed E-state index contributed by atoms with van der Waals surface area (Å²) in [5, 5.41) is 25.9. The molecule has 2 saturated heterocycles. The third kappa shape index (κ3) is 2.51. The van der Waals surface area contributed by atoms with Crippen LogP contribution in [0.5, 0.6) is 0 Å². The van der Waals surface area contributed by atoms with Gasteiger partial charge in [0.1, 0.15) is 12.2 Å². The molecule has 24 heavy (non-hydrogen) atoms. The third-order valence-electron chi connectivity index (χ3n) is 4.91. The minimum absolute atomic E-state index is 0.591. The van der Waals surface area contributed by atoms with Crippen molar-refractivity contribution in [3.8, 4) is 0 Å². The molecule has 0 aromatic carbocycles. The lowest BCUT2D eigenvalue weighted by Crippen LogP contribution is -2.59. The van der Waals surface area contributed by atoms with E-state index in [2.05, 4.69) is 10.6 Å². The highest BCUT2D eigenvalue weighted by Gasteiger charge is 2.56. The Labute approximate surface area is 138 Å². The van der Waals surface area contributed by atoms with Gasteiger partial charge >= 0.3 is 0 Å². The average molecular weight is 342 g/mol. The Kier molecular flexibility index (Phi) is 5.04. The van der Waals surface area contributed by atoms with Gasteiger partial charge in [0.2, 0.25) is 11.8 Å². The molecule has 0 saturated carbocycles. The van der Waals surface area contributed by atoms with Crippen LogP contribution in [0.1, 0.15) is 0 Å². The lowest BCUT2D eigenvalue weighted by atomic mass is 9.81. The van der Waals surface area contributed by atoms with Gasteiger partial charge in [-0.05, 0) is 14.1 Å². The van der Waals surface area contributed by atoms with Crippen LogP contribution in [-0.4, -0.2) is 96.1 Å². The summed E-state index contributed by atoms with van der Waals surface area (Å²) < 4.78 is 0. The van der Waals surface area contributed by atoms with E-state index in [1.807, 2.05) is 0 Å². The highest BCUT2D eigenvalue weighted by molar-refractivity contribution is 6.08. The molecule has 2 aliphatic rings. The van der Waals surface area contributed by atoms with Crippen molar-refractivity contribution >= 4 is 23.6 Å². The standard InChI is InChI=1S/C14H22N4O6/c1-15-7(5-9(19)13(23)17(3)11(5)21)8(16-2)6-10(20)14(24)18(4)12(6)22/h5-10,15-16,19-20H,1-4H3/t5-,6+,7-,8+,9+,10-. The van der Waals surface area contributed by atoms with E-state index >= 15 is 0 Å². The number of imide groups is 2. The van der Waals surface area contributed by atoms with Gasteiger partial charge in [-0.25, -0.2) is 0 Å². The highest BCUT2D eigenvalue weighted by atomic mass is 16.3. The van der Waals surface area contributed by atoms with E-state index in [1.165, 1.54) is 28.2 Å². The third-order valence-corrected chi connectivity index (χ3v) is 4.91. The molecule has 10 heteroatoms. The maximum absolute atomic E-state index is 12.3. The van der Waals surface area contributed by atoms with Gasteiger partial charge in [-0.3, -0.25) is 29.0 Å². The van der Waals surface area contributed by atoms with Crippen molar-refractivity contribution in [2.45, 2.75) is 24.3 Å². The first kappa shape index (κ1) is 18.5. The number of hydrogen-bond acceptors (Lipinski definition) is 8. The fraction of sp³-hybridized carbons (Fsp3) is 0.714. The lowest BCUT2D eigenvalue weighted by molar-refractivity contribution is -0.141. The zero-order chi connectivity index (χ0) is 18.3. The zero-order valence-corrected chi connectivity index (χ0v) is 13.9. The Morgan fingerprint density at radius 3 is 1.21 bits per heavy atom. The summed E-state index contributed by atoms with van der Waals surface area (Å²) in [6.45, 7) is 0. The molecule has 4 N–H and O–H groups in total. The number of nitrogens with zero attached hydrogens (tertiary/aromatic N) is 2. The Bertz CT molecular complexity index is 532. The number of amides is 4. The molecular formula is C14H22N4O6. The van der Waals surface area contributed by atoms with E-state index in [-0.39, 0.29) is 0 Å². The maximum atomic E-state index is 12.3. The number of likely N-dealkylation sites (N-methyl/N-ethyl adjacent to an activating group) is 4. The Balaban J connectivity index is 2.38. The number of aliphatic hydroxyl groups excluding tert-OH is 2. The molecule has 2 fully saturated rings. The zero-order valence-electron chi connectivity index (χ0n) is 13.9. The average Bonchev–Trinajstić information content (AvgIpc) is 2.87. The van der Waals surface area contributed by atoms with Gasteiger partial charge in [0.15, 0.2) is 0 Å². The van der Waals surface area contributed by atoms with Crippen molar-refractivity contribution in [1.82, 2.24) is 20.4 Å². The van der Waals surface area contributed by atoms with Crippen molar-refractivity contribution in [2.24, 2.45) is 11.8 Å². The summed E-state index contributed by atoms with van der Waals surface area (Å²) in [5.74, 6) is -4.91. The van der Waals surface area contributed by atoms with Crippen LogP contribution in [0.3, 0.4) is 0 Å². The van der Waals surface area contributed by atoms with Gasteiger partial charge in [-0.2, -0.15) is 0 Å². The molecule has 0 aliphatic carbocycles. The fourth-order valence-corrected chi connectivity index (χ4v) is 3.50. The number of hydrogen-bond donors (Lipinski definition) is 4. The molecule has 134 valence electrons. The van der Waals surface area contributed by atoms with E-state index < -0.39 is 59.8 Å². The van der Waals surface area contributed by atoms with E-state index in [0.717, 1.165) is 9.80 Å². The van der Waals surface area contributed by atoms with E-state index in [9.17, 15) is 29.4 Å². The van der Waals surface area contributed by atoms with Gasteiger partial charge in [0.05, 0.1) is 11.8 Å². The first-order valence-electron chi connectivity index (χ1n) is 7.52. The SMILES string of the molecule is CN[C@H]([C@H](NC)[C@H]1C(=O)N(C)C(=O)[C@H]1O)[C@@H]1C(=O)N(C)C(=O)[C@@H]1O. The molecule has 2 aliphatic heterocycles. The summed E-state index contributed by atoms with van der Waals surface area (Å²) in [5.41, 5.74) is 0. The molecule has 0 radical (unpaired) electrons. The first-order valence-corrected chi connectivity index (χ1v) is 7.52. The van der Waals surface area contributed by atoms with Crippen LogP contribution in [0.15, 0.2) is 0 Å². The topological polar surface area (TPSA) is 139 Å². The van der Waals surface area contributed by atoms with E-state index in [1.54, 1.807) is 0 Å². The Hall–Kier alpha value is -1.88. The summed E-state index contributed by atoms with van der Waals surface area (Å²) in [4.78, 5) is 50.0. The van der Waals surface area contributed by atoms with Crippen LogP contribution in [-0.2, 0) is 19.2 Å². The van der Waals surface area contributed by atoms with Gasteiger partial charge in [-0.1, -0.05) is 0 Å². The fourth-order valence-electron chi connectivity index (χ4n) is 3.50. The smallest absolute Gasteiger partial charge is 0.258 e. The van der Waals surface area contributed by atoms with Crippen molar-refractivity contribution in [3.05, 3.63) is 0 Å². The largest absolute Gasteiger partial charge is 0.382 e. The van der Waals surface area contributed by atoms with Crippen molar-refractivity contribution in [3.63, 3.8) is 0 Å². The van der Waals surface area contributed by atoms with Crippen LogP contribution < -0.4 is 10.6 Å². The molecular weight excluding hydrogens is 320 g/mol. The lowest BCUT2D eigenvalue weighted by Gasteiger charge is -2.34. The molecule has 0 unspecified atom stereocenters. The van der Waals surface area contributed by atoms with E-state index in [0.29, 0.717) is 0 Å². The summed E-state index contributed by atoms with van der Waals surface area (Å²) in [6.07, 6.45) is -3.12. The van der Waals surface area contributed by atoms with Gasteiger partial charge < -0.3 is 20.8 Å². The molecule has 0 spiro atoms. The molecule has 10 nitrogen and oxygen atoms in total. The van der Waals surface area contributed by atoms with Crippen molar-refractivity contribution in [1.29, 1.82) is 0 Å². The molecule has 0 bridgehead atoms. The van der Waals surface area contributed by atoms with Crippen LogP contribution in [0.2, 0.25) is 0 Å². The molecule has 2 rings (SSSR count). The predicted molar refractivity (Wildman–Crippen MR) is 80.2 cm³/mol. The van der Waals surface area contributed by atoms with Crippen molar-refractivity contribution in [2.75, 3.05) is 28.2 Å². The highest BCUT2D eigenvalue weighted by Crippen LogP contribution is 2.30. The molecule has 0 aromatic rings. The Morgan fingerprint density at radius 1 is 0.750 bits per heavy atom. The second kappa shape index (κ2) is 6.55. The quantitative estimate of drug-likeness (QED) is 0.372. The summed E-state index contributed by atoms with van der Waals surface area (Å²) in [6, 6.07) is -1.70. The maximum Gasteiger partial charge on any atom is 0.258 e. The number of aliphatic hydroxyl groups is 2. The predicted octanol–water partition coefficient (Wildman–Crippen LogP) is -3.89. The van der Waals surface area contributed by atoms with Gasteiger partial charge in [0, 0.05) is 26.2 Å². The molecule has 4 amide bonds. The van der Waals surface area contributed by atoms with Crippen LogP contribution in [0.4, 0.5) is 0 Å². The van der Waals surface area contributed by atoms with E-state index in [4.69, 9.17) is 0 Å². The second-order valence-corrected chi connectivity index (χ2v) is 6.04. The van der Waals surface area contributed by atoms with Gasteiger partial charge in [-0.15, -0.1) is 0 Å². The Morgan fingerprint density at radius 2 is 1.04 bits per heavy atom. The number of carbonyl (C=O) groups is 4. The monoisotopic (exact) mass is 342 g/mol. The van der Waals surface area contributed by atoms with Crippen molar-refractivity contribution < 1.29 is 29.4 Å². The van der Waals surface area contributed by atoms with Crippen LogP contribution in [0.25, 0.3) is 0 Å². The number of carbonyl (C=O) groups excluding carboxylic acids is 4. The minimum atomic E-state index is -1.56. The normalized spacial score (nSPS) is 33.6. The number of likely N-dealkylation sites (tertiary alicyclic amines) is 2. The number of nitrogens with one attached hydrogen (secondary N) is 2. The van der Waals surface area contributed by atoms with Crippen LogP contribution >= 0.6 is 0 Å². The minimum Gasteiger partial charge on any atom is -0.382 e. The molecule has 6 atom stereocenters. The summed E-state index contributed by atoms with van der Waals surface area (Å²) in [7, 11) is 5.55. The molecule has 0 aromatic heterocycles. The number of rotatable bonds is 5. The van der Waals surface area contributed by atoms with Crippen LogP contribution in [0, 0.1) is 11.8 Å². The molecule has 2 heterocycles. The van der Waals surface area contributed by atoms with Gasteiger partial charge in [0.25, 0.3) is 11.8 Å². The summed E-state index contributed by atoms with van der Waals surface area (Å²) >= 11 is 0. The second-order valence-electron chi connectivity index (χ2n) is 6.04. The first-order chi connectivity index (χ1) is 11.2.